The third kappa shape index (κ3) is 5.74. The van der Waals surface area contributed by atoms with Crippen molar-refractivity contribution in [3.63, 3.8) is 0 Å². The second-order valence-corrected chi connectivity index (χ2v) is 6.95. The molecule has 0 aliphatic heterocycles. The Morgan fingerprint density at radius 2 is 1.27 bits per heavy atom. The van der Waals surface area contributed by atoms with E-state index in [1.807, 2.05) is 24.3 Å². The Bertz CT molecular complexity index is 1090. The summed E-state index contributed by atoms with van der Waals surface area (Å²) in [5.41, 5.74) is 2.24. The van der Waals surface area contributed by atoms with E-state index in [9.17, 15) is 9.59 Å². The molecule has 0 radical (unpaired) electrons. The number of methoxy groups -OCH3 is 4. The van der Waals surface area contributed by atoms with Gasteiger partial charge in [-0.15, -0.1) is 0 Å². The maximum Gasteiger partial charge on any atom is 0.255 e. The van der Waals surface area contributed by atoms with Crippen molar-refractivity contribution in [2.24, 2.45) is 0 Å². The molecule has 0 saturated heterocycles. The number of hydrogen-bond acceptors (Lipinski definition) is 7. The summed E-state index contributed by atoms with van der Waals surface area (Å²) in [5, 5.41) is 5.89. The summed E-state index contributed by atoms with van der Waals surface area (Å²) in [5.74, 6) is 1.49. The smallest absolute Gasteiger partial charge is 0.255 e. The molecule has 0 heterocycles. The number of amides is 1. The van der Waals surface area contributed by atoms with Crippen LogP contribution in [0.2, 0.25) is 0 Å². The fourth-order valence-corrected chi connectivity index (χ4v) is 3.15. The molecule has 0 atom stereocenters. The van der Waals surface area contributed by atoms with Gasteiger partial charge in [0.1, 0.15) is 5.75 Å². The number of ketones is 1. The Morgan fingerprint density at radius 1 is 0.697 bits per heavy atom. The molecule has 2 N–H and O–H groups in total. The monoisotopic (exact) mass is 450 g/mol. The summed E-state index contributed by atoms with van der Waals surface area (Å²) in [4.78, 5) is 25.2. The van der Waals surface area contributed by atoms with Crippen LogP contribution < -0.4 is 29.6 Å². The van der Waals surface area contributed by atoms with Gasteiger partial charge in [0.05, 0.1) is 35.0 Å². The average molecular weight is 450 g/mol. The molecule has 1 amide bonds. The van der Waals surface area contributed by atoms with Gasteiger partial charge in [0.25, 0.3) is 5.91 Å². The SMILES string of the molecule is COc1ccc(NCC(=O)c2ccc(NC(=O)c3cc(OC)c(OC)c(OC)c3)cc2)cc1. The third-order valence-corrected chi connectivity index (χ3v) is 4.93. The van der Waals surface area contributed by atoms with Crippen molar-refractivity contribution in [3.8, 4) is 23.0 Å². The van der Waals surface area contributed by atoms with E-state index in [1.165, 1.54) is 21.3 Å². The topological polar surface area (TPSA) is 95.1 Å². The lowest BCUT2D eigenvalue weighted by Crippen LogP contribution is -2.15. The van der Waals surface area contributed by atoms with Crippen molar-refractivity contribution in [2.45, 2.75) is 0 Å². The van der Waals surface area contributed by atoms with Crippen molar-refractivity contribution in [1.82, 2.24) is 0 Å². The van der Waals surface area contributed by atoms with Crippen LogP contribution in [0.4, 0.5) is 11.4 Å². The normalized spacial score (nSPS) is 10.2. The minimum absolute atomic E-state index is 0.0756. The van der Waals surface area contributed by atoms with E-state index in [0.717, 1.165) is 11.4 Å². The number of ether oxygens (including phenoxy) is 4. The van der Waals surface area contributed by atoms with Gasteiger partial charge in [-0.2, -0.15) is 0 Å². The Labute approximate surface area is 192 Å². The largest absolute Gasteiger partial charge is 0.497 e. The van der Waals surface area contributed by atoms with Gasteiger partial charge in [0.2, 0.25) is 5.75 Å². The first-order chi connectivity index (χ1) is 16.0. The van der Waals surface area contributed by atoms with Gasteiger partial charge in [-0.3, -0.25) is 9.59 Å². The number of hydrogen-bond donors (Lipinski definition) is 2. The fourth-order valence-electron chi connectivity index (χ4n) is 3.15. The lowest BCUT2D eigenvalue weighted by Gasteiger charge is -2.14. The number of carbonyl (C=O) groups is 2. The fraction of sp³-hybridized carbons (Fsp3) is 0.200. The van der Waals surface area contributed by atoms with Crippen LogP contribution in [0, 0.1) is 0 Å². The van der Waals surface area contributed by atoms with Gasteiger partial charge in [-0.25, -0.2) is 0 Å². The van der Waals surface area contributed by atoms with Crippen LogP contribution in [-0.2, 0) is 0 Å². The Morgan fingerprint density at radius 3 is 1.79 bits per heavy atom. The summed E-state index contributed by atoms with van der Waals surface area (Å²) in [7, 11) is 6.06. The van der Waals surface area contributed by atoms with Crippen molar-refractivity contribution in [3.05, 3.63) is 71.8 Å². The van der Waals surface area contributed by atoms with Crippen LogP contribution in [0.15, 0.2) is 60.7 Å². The van der Waals surface area contributed by atoms with Crippen molar-refractivity contribution < 1.29 is 28.5 Å². The summed E-state index contributed by atoms with van der Waals surface area (Å²) < 4.78 is 21.0. The van der Waals surface area contributed by atoms with Crippen molar-refractivity contribution >= 4 is 23.1 Å². The molecule has 8 nitrogen and oxygen atoms in total. The van der Waals surface area contributed by atoms with E-state index in [4.69, 9.17) is 18.9 Å². The maximum absolute atomic E-state index is 12.7. The van der Waals surface area contributed by atoms with Crippen LogP contribution in [0.5, 0.6) is 23.0 Å². The minimum atomic E-state index is -0.352. The second-order valence-electron chi connectivity index (χ2n) is 6.95. The molecule has 3 aromatic carbocycles. The number of rotatable bonds is 10. The first kappa shape index (κ1) is 23.5. The Balaban J connectivity index is 1.64. The van der Waals surface area contributed by atoms with Crippen molar-refractivity contribution in [1.29, 1.82) is 0 Å². The van der Waals surface area contributed by atoms with Gasteiger partial charge in [0, 0.05) is 22.5 Å². The number of benzene rings is 3. The lowest BCUT2D eigenvalue weighted by atomic mass is 10.1. The number of carbonyl (C=O) groups excluding carboxylic acids is 2. The predicted molar refractivity (Wildman–Crippen MR) is 126 cm³/mol. The van der Waals surface area contributed by atoms with E-state index in [1.54, 1.807) is 43.5 Å². The molecular formula is C25H26N2O6. The van der Waals surface area contributed by atoms with Gasteiger partial charge < -0.3 is 29.6 Å². The summed E-state index contributed by atoms with van der Waals surface area (Å²) >= 11 is 0. The molecule has 0 aliphatic rings. The Hall–Kier alpha value is -4.20. The lowest BCUT2D eigenvalue weighted by molar-refractivity contribution is 0.100. The van der Waals surface area contributed by atoms with Crippen LogP contribution in [0.3, 0.4) is 0 Å². The van der Waals surface area contributed by atoms with Crippen LogP contribution >= 0.6 is 0 Å². The minimum Gasteiger partial charge on any atom is -0.497 e. The van der Waals surface area contributed by atoms with Gasteiger partial charge in [-0.1, -0.05) is 0 Å². The molecule has 172 valence electrons. The molecule has 0 fully saturated rings. The molecule has 8 heteroatoms. The first-order valence-electron chi connectivity index (χ1n) is 10.1. The van der Waals surface area contributed by atoms with E-state index in [0.29, 0.717) is 34.1 Å². The molecule has 0 saturated carbocycles. The predicted octanol–water partition coefficient (Wildman–Crippen LogP) is 4.27. The highest BCUT2D eigenvalue weighted by atomic mass is 16.5. The summed E-state index contributed by atoms with van der Waals surface area (Å²) in [6.45, 7) is 0.142. The number of anilines is 2. The second kappa shape index (κ2) is 10.9. The van der Waals surface area contributed by atoms with Crippen molar-refractivity contribution in [2.75, 3.05) is 45.6 Å². The zero-order chi connectivity index (χ0) is 23.8. The van der Waals surface area contributed by atoms with E-state index < -0.39 is 0 Å². The van der Waals surface area contributed by atoms with E-state index in [-0.39, 0.29) is 18.2 Å². The quantitative estimate of drug-likeness (QED) is 0.446. The average Bonchev–Trinajstić information content (AvgIpc) is 2.86. The van der Waals surface area contributed by atoms with E-state index >= 15 is 0 Å². The highest BCUT2D eigenvalue weighted by Gasteiger charge is 2.17. The van der Waals surface area contributed by atoms with Gasteiger partial charge >= 0.3 is 0 Å². The van der Waals surface area contributed by atoms with Crippen LogP contribution in [0.1, 0.15) is 20.7 Å². The molecular weight excluding hydrogens is 424 g/mol. The molecule has 0 spiro atoms. The summed E-state index contributed by atoms with van der Waals surface area (Å²) in [6.07, 6.45) is 0. The van der Waals surface area contributed by atoms with E-state index in [2.05, 4.69) is 10.6 Å². The highest BCUT2D eigenvalue weighted by molar-refractivity contribution is 6.05. The molecule has 0 aromatic heterocycles. The maximum atomic E-state index is 12.7. The Kier molecular flexibility index (Phi) is 7.75. The zero-order valence-electron chi connectivity index (χ0n) is 18.9. The first-order valence-corrected chi connectivity index (χ1v) is 10.1. The van der Waals surface area contributed by atoms with Gasteiger partial charge in [0.15, 0.2) is 17.3 Å². The molecule has 0 aliphatic carbocycles. The van der Waals surface area contributed by atoms with Crippen LogP contribution in [-0.4, -0.2) is 46.7 Å². The van der Waals surface area contributed by atoms with Crippen LogP contribution in [0.25, 0.3) is 0 Å². The summed E-state index contributed by atoms with van der Waals surface area (Å²) in [6, 6.07) is 17.1. The third-order valence-electron chi connectivity index (χ3n) is 4.93. The standard InChI is InChI=1S/C25H26N2O6/c1-30-20-11-9-18(10-12-20)26-15-21(28)16-5-7-19(8-6-16)27-25(29)17-13-22(31-2)24(33-4)23(14-17)32-3/h5-14,26H,15H2,1-4H3,(H,27,29). The molecule has 0 unspecified atom stereocenters. The zero-order valence-corrected chi connectivity index (χ0v) is 18.9. The molecule has 3 rings (SSSR count). The molecule has 3 aromatic rings. The number of nitrogens with one attached hydrogen (secondary N) is 2. The van der Waals surface area contributed by atoms with Gasteiger partial charge in [-0.05, 0) is 60.7 Å². The highest BCUT2D eigenvalue weighted by Crippen LogP contribution is 2.38. The molecule has 33 heavy (non-hydrogen) atoms. The number of Topliss-reactive ketones (excluding diaryl/α,β-unsaturated/α-hetero) is 1. The molecule has 0 bridgehead atoms.